The standard InChI is InChI=1S/C12H16F3N/c1-9-2-4-10(5-3-9)8-11(6-7-16)12(13,14)15/h2-5,11H,6-8,16H2,1H3. The molecule has 16 heavy (non-hydrogen) atoms. The molecule has 1 aromatic carbocycles. The minimum absolute atomic E-state index is 0.0149. The number of aryl methyl sites for hydroxylation is 1. The van der Waals surface area contributed by atoms with Crippen molar-refractivity contribution in [1.82, 2.24) is 0 Å². The van der Waals surface area contributed by atoms with E-state index in [0.29, 0.717) is 5.56 Å². The highest BCUT2D eigenvalue weighted by Crippen LogP contribution is 2.31. The first-order valence-electron chi connectivity index (χ1n) is 5.26. The van der Waals surface area contributed by atoms with Gasteiger partial charge >= 0.3 is 6.18 Å². The molecule has 1 rings (SSSR count). The third-order valence-corrected chi connectivity index (χ3v) is 2.58. The summed E-state index contributed by atoms with van der Waals surface area (Å²) in [5.74, 6) is -1.33. The fraction of sp³-hybridized carbons (Fsp3) is 0.500. The SMILES string of the molecule is Cc1ccc(CC(CCN)C(F)(F)F)cc1. The predicted molar refractivity (Wildman–Crippen MR) is 58.1 cm³/mol. The molecule has 1 unspecified atom stereocenters. The molecule has 0 spiro atoms. The largest absolute Gasteiger partial charge is 0.392 e. The molecule has 0 amide bonds. The lowest BCUT2D eigenvalue weighted by atomic mass is 9.95. The van der Waals surface area contributed by atoms with Crippen molar-refractivity contribution in [2.75, 3.05) is 6.54 Å². The van der Waals surface area contributed by atoms with Gasteiger partial charge < -0.3 is 5.73 Å². The minimum atomic E-state index is -4.16. The summed E-state index contributed by atoms with van der Waals surface area (Å²) in [5.41, 5.74) is 6.96. The Bertz CT molecular complexity index is 316. The second-order valence-electron chi connectivity index (χ2n) is 4.01. The molecule has 0 heterocycles. The van der Waals surface area contributed by atoms with E-state index in [1.807, 2.05) is 19.1 Å². The lowest BCUT2D eigenvalue weighted by Crippen LogP contribution is -2.27. The Labute approximate surface area is 93.5 Å². The molecule has 1 atom stereocenters. The van der Waals surface area contributed by atoms with Crippen LogP contribution in [0.3, 0.4) is 0 Å². The Morgan fingerprint density at radius 2 is 1.75 bits per heavy atom. The number of benzene rings is 1. The number of nitrogens with two attached hydrogens (primary N) is 1. The zero-order chi connectivity index (χ0) is 12.2. The molecule has 0 aliphatic carbocycles. The van der Waals surface area contributed by atoms with E-state index < -0.39 is 12.1 Å². The van der Waals surface area contributed by atoms with Crippen LogP contribution in [0.4, 0.5) is 13.2 Å². The Hall–Kier alpha value is -1.03. The van der Waals surface area contributed by atoms with Crippen LogP contribution in [0.2, 0.25) is 0 Å². The van der Waals surface area contributed by atoms with Gasteiger partial charge in [0.2, 0.25) is 0 Å². The second-order valence-corrected chi connectivity index (χ2v) is 4.01. The summed E-state index contributed by atoms with van der Waals surface area (Å²) in [6.45, 7) is 1.97. The van der Waals surface area contributed by atoms with Crippen molar-refractivity contribution in [3.63, 3.8) is 0 Å². The zero-order valence-electron chi connectivity index (χ0n) is 9.22. The third-order valence-electron chi connectivity index (χ3n) is 2.58. The summed E-state index contributed by atoms with van der Waals surface area (Å²) in [5, 5.41) is 0. The van der Waals surface area contributed by atoms with E-state index in [2.05, 4.69) is 0 Å². The molecule has 4 heteroatoms. The van der Waals surface area contributed by atoms with E-state index in [4.69, 9.17) is 5.73 Å². The number of halogens is 3. The van der Waals surface area contributed by atoms with E-state index in [1.54, 1.807) is 12.1 Å². The van der Waals surface area contributed by atoms with E-state index in [1.165, 1.54) is 0 Å². The molecular weight excluding hydrogens is 215 g/mol. The van der Waals surface area contributed by atoms with Crippen LogP contribution in [0.5, 0.6) is 0 Å². The zero-order valence-corrected chi connectivity index (χ0v) is 9.22. The van der Waals surface area contributed by atoms with Gasteiger partial charge in [0.15, 0.2) is 0 Å². The van der Waals surface area contributed by atoms with Crippen molar-refractivity contribution in [2.24, 2.45) is 11.7 Å². The molecule has 1 aromatic rings. The normalized spacial score (nSPS) is 13.8. The van der Waals surface area contributed by atoms with Crippen molar-refractivity contribution in [2.45, 2.75) is 25.9 Å². The summed E-state index contributed by atoms with van der Waals surface area (Å²) in [4.78, 5) is 0. The monoisotopic (exact) mass is 231 g/mol. The second kappa shape index (κ2) is 5.34. The van der Waals surface area contributed by atoms with Gasteiger partial charge in [-0.3, -0.25) is 0 Å². The fourth-order valence-electron chi connectivity index (χ4n) is 1.59. The quantitative estimate of drug-likeness (QED) is 0.846. The van der Waals surface area contributed by atoms with Crippen molar-refractivity contribution in [1.29, 1.82) is 0 Å². The maximum atomic E-state index is 12.6. The molecular formula is C12H16F3N. The van der Waals surface area contributed by atoms with Gasteiger partial charge in [0, 0.05) is 0 Å². The van der Waals surface area contributed by atoms with Crippen LogP contribution < -0.4 is 5.73 Å². The van der Waals surface area contributed by atoms with Crippen LogP contribution in [0.25, 0.3) is 0 Å². The van der Waals surface area contributed by atoms with Crippen LogP contribution in [0.1, 0.15) is 17.5 Å². The fourth-order valence-corrected chi connectivity index (χ4v) is 1.59. The van der Waals surface area contributed by atoms with E-state index in [0.717, 1.165) is 5.56 Å². The Balaban J connectivity index is 2.72. The van der Waals surface area contributed by atoms with Gasteiger partial charge in [0.25, 0.3) is 0 Å². The van der Waals surface area contributed by atoms with Gasteiger partial charge in [-0.05, 0) is 31.9 Å². The molecule has 0 saturated heterocycles. The highest BCUT2D eigenvalue weighted by molar-refractivity contribution is 5.21. The summed E-state index contributed by atoms with van der Waals surface area (Å²) < 4.78 is 37.8. The van der Waals surface area contributed by atoms with E-state index in [9.17, 15) is 13.2 Å². The van der Waals surface area contributed by atoms with Crippen LogP contribution in [0, 0.1) is 12.8 Å². The van der Waals surface area contributed by atoms with Gasteiger partial charge in [0.1, 0.15) is 0 Å². The number of rotatable bonds is 4. The molecule has 90 valence electrons. The Kier molecular flexibility index (Phi) is 4.35. The average molecular weight is 231 g/mol. The molecule has 0 radical (unpaired) electrons. The van der Waals surface area contributed by atoms with Gasteiger partial charge in [-0.15, -0.1) is 0 Å². The lowest BCUT2D eigenvalue weighted by Gasteiger charge is -2.19. The first-order chi connectivity index (χ1) is 7.43. The number of alkyl halides is 3. The van der Waals surface area contributed by atoms with Gasteiger partial charge in [-0.2, -0.15) is 13.2 Å². The average Bonchev–Trinajstić information content (AvgIpc) is 2.19. The van der Waals surface area contributed by atoms with Crippen LogP contribution in [-0.4, -0.2) is 12.7 Å². The van der Waals surface area contributed by atoms with Crippen molar-refractivity contribution >= 4 is 0 Å². The molecule has 1 nitrogen and oxygen atoms in total. The van der Waals surface area contributed by atoms with Crippen molar-refractivity contribution in [3.8, 4) is 0 Å². The highest BCUT2D eigenvalue weighted by Gasteiger charge is 2.38. The summed E-state index contributed by atoms with van der Waals surface area (Å²) in [7, 11) is 0. The Morgan fingerprint density at radius 3 is 2.19 bits per heavy atom. The Morgan fingerprint density at radius 1 is 1.19 bits per heavy atom. The van der Waals surface area contributed by atoms with Crippen LogP contribution in [-0.2, 0) is 6.42 Å². The van der Waals surface area contributed by atoms with E-state index >= 15 is 0 Å². The third kappa shape index (κ3) is 3.85. The minimum Gasteiger partial charge on any atom is -0.330 e. The first-order valence-corrected chi connectivity index (χ1v) is 5.26. The lowest BCUT2D eigenvalue weighted by molar-refractivity contribution is -0.175. The molecule has 0 aliphatic heterocycles. The molecule has 0 aliphatic rings. The van der Waals surface area contributed by atoms with E-state index in [-0.39, 0.29) is 19.4 Å². The molecule has 0 bridgehead atoms. The van der Waals surface area contributed by atoms with Gasteiger partial charge in [-0.1, -0.05) is 29.8 Å². The van der Waals surface area contributed by atoms with Crippen molar-refractivity contribution in [3.05, 3.63) is 35.4 Å². The van der Waals surface area contributed by atoms with Gasteiger partial charge in [0.05, 0.1) is 5.92 Å². The van der Waals surface area contributed by atoms with Crippen molar-refractivity contribution < 1.29 is 13.2 Å². The number of hydrogen-bond donors (Lipinski definition) is 1. The maximum Gasteiger partial charge on any atom is 0.392 e. The summed E-state index contributed by atoms with van der Waals surface area (Å²) in [6, 6.07) is 7.13. The summed E-state index contributed by atoms with van der Waals surface area (Å²) >= 11 is 0. The smallest absolute Gasteiger partial charge is 0.330 e. The molecule has 2 N–H and O–H groups in total. The first kappa shape index (κ1) is 13.0. The molecule has 0 fully saturated rings. The van der Waals surface area contributed by atoms with Crippen LogP contribution >= 0.6 is 0 Å². The summed E-state index contributed by atoms with van der Waals surface area (Å²) in [6.07, 6.45) is -4.16. The highest BCUT2D eigenvalue weighted by atomic mass is 19.4. The molecule has 0 aromatic heterocycles. The topological polar surface area (TPSA) is 26.0 Å². The van der Waals surface area contributed by atoms with Gasteiger partial charge in [-0.25, -0.2) is 0 Å². The van der Waals surface area contributed by atoms with Crippen LogP contribution in [0.15, 0.2) is 24.3 Å². The maximum absolute atomic E-state index is 12.6. The number of hydrogen-bond acceptors (Lipinski definition) is 1. The molecule has 0 saturated carbocycles. The predicted octanol–water partition coefficient (Wildman–Crippen LogP) is 3.06.